The molecule has 0 aliphatic heterocycles. The van der Waals surface area contributed by atoms with Crippen LogP contribution in [0.25, 0.3) is 22.0 Å². The number of esters is 1. The molecule has 2 aromatic carbocycles. The average Bonchev–Trinajstić information content (AvgIpc) is 2.61. The fourth-order valence-electron chi connectivity index (χ4n) is 2.58. The number of ether oxygens (including phenoxy) is 1. The van der Waals surface area contributed by atoms with Crippen molar-refractivity contribution in [1.29, 1.82) is 0 Å². The SMILES string of the molecule is CCOC(=O)C(=O)c1ccc(-c2cccc3ccccc23)[nH]c1=O. The molecule has 3 aromatic rings. The molecule has 5 heteroatoms. The third-order valence-electron chi connectivity index (χ3n) is 3.69. The molecule has 24 heavy (non-hydrogen) atoms. The van der Waals surface area contributed by atoms with Gasteiger partial charge in [-0.25, -0.2) is 4.79 Å². The maximum absolute atomic E-state index is 12.2. The number of ketones is 1. The fraction of sp³-hybridized carbons (Fsp3) is 0.105. The van der Waals surface area contributed by atoms with E-state index >= 15 is 0 Å². The lowest BCUT2D eigenvalue weighted by molar-refractivity contribution is -0.137. The number of aromatic amines is 1. The number of Topliss-reactive ketones (excluding diaryl/α,β-unsaturated/α-hetero) is 1. The minimum Gasteiger partial charge on any atom is -0.460 e. The van der Waals surface area contributed by atoms with Crippen LogP contribution in [0.2, 0.25) is 0 Å². The average molecular weight is 321 g/mol. The molecule has 1 aromatic heterocycles. The highest BCUT2D eigenvalue weighted by atomic mass is 16.5. The number of H-pyrrole nitrogens is 1. The fourth-order valence-corrected chi connectivity index (χ4v) is 2.58. The van der Waals surface area contributed by atoms with E-state index in [1.807, 2.05) is 42.5 Å². The van der Waals surface area contributed by atoms with Gasteiger partial charge in [-0.15, -0.1) is 0 Å². The van der Waals surface area contributed by atoms with Crippen LogP contribution in [-0.4, -0.2) is 23.3 Å². The molecule has 1 N–H and O–H groups in total. The number of hydrogen-bond donors (Lipinski definition) is 1. The van der Waals surface area contributed by atoms with Gasteiger partial charge in [0.15, 0.2) is 0 Å². The number of hydrogen-bond acceptors (Lipinski definition) is 4. The minimum atomic E-state index is -1.03. The molecule has 0 radical (unpaired) electrons. The van der Waals surface area contributed by atoms with Gasteiger partial charge in [-0.2, -0.15) is 0 Å². The third-order valence-corrected chi connectivity index (χ3v) is 3.69. The topological polar surface area (TPSA) is 76.2 Å². The van der Waals surface area contributed by atoms with E-state index in [9.17, 15) is 14.4 Å². The van der Waals surface area contributed by atoms with Crippen molar-refractivity contribution in [3.63, 3.8) is 0 Å². The molecule has 0 amide bonds. The summed E-state index contributed by atoms with van der Waals surface area (Å²) >= 11 is 0. The molecule has 0 saturated carbocycles. The van der Waals surface area contributed by atoms with Gasteiger partial charge >= 0.3 is 5.97 Å². The van der Waals surface area contributed by atoms with Gasteiger partial charge in [0.25, 0.3) is 11.3 Å². The first-order chi connectivity index (χ1) is 11.6. The summed E-state index contributed by atoms with van der Waals surface area (Å²) in [6.45, 7) is 1.68. The van der Waals surface area contributed by atoms with E-state index in [0.29, 0.717) is 5.69 Å². The van der Waals surface area contributed by atoms with Crippen molar-refractivity contribution >= 4 is 22.5 Å². The highest BCUT2D eigenvalue weighted by Gasteiger charge is 2.21. The lowest BCUT2D eigenvalue weighted by Crippen LogP contribution is -2.25. The Hall–Kier alpha value is -3.21. The van der Waals surface area contributed by atoms with E-state index in [1.165, 1.54) is 6.07 Å². The molecule has 0 unspecified atom stereocenters. The van der Waals surface area contributed by atoms with Crippen LogP contribution in [-0.2, 0) is 9.53 Å². The number of benzene rings is 2. The van der Waals surface area contributed by atoms with E-state index in [0.717, 1.165) is 16.3 Å². The van der Waals surface area contributed by atoms with Crippen molar-refractivity contribution in [2.45, 2.75) is 6.92 Å². The van der Waals surface area contributed by atoms with Crippen molar-refractivity contribution in [1.82, 2.24) is 4.98 Å². The zero-order chi connectivity index (χ0) is 17.1. The summed E-state index contributed by atoms with van der Waals surface area (Å²) in [7, 11) is 0. The number of rotatable bonds is 4. The van der Waals surface area contributed by atoms with Crippen LogP contribution in [0.3, 0.4) is 0 Å². The highest BCUT2D eigenvalue weighted by Crippen LogP contribution is 2.26. The maximum atomic E-state index is 12.2. The Bertz CT molecular complexity index is 983. The van der Waals surface area contributed by atoms with Crippen LogP contribution < -0.4 is 5.56 Å². The number of pyridine rings is 1. The molecule has 0 aliphatic carbocycles. The van der Waals surface area contributed by atoms with E-state index < -0.39 is 17.3 Å². The van der Waals surface area contributed by atoms with Crippen LogP contribution in [0.1, 0.15) is 17.3 Å². The molecule has 1 heterocycles. The van der Waals surface area contributed by atoms with Crippen LogP contribution in [0.5, 0.6) is 0 Å². The Morgan fingerprint density at radius 1 is 1.00 bits per heavy atom. The molecule has 3 rings (SSSR count). The lowest BCUT2D eigenvalue weighted by atomic mass is 10.0. The Kier molecular flexibility index (Phi) is 4.24. The molecule has 0 aliphatic rings. The zero-order valence-electron chi connectivity index (χ0n) is 13.0. The molecule has 120 valence electrons. The molecular formula is C19H15NO4. The molecule has 0 saturated heterocycles. The summed E-state index contributed by atoms with van der Waals surface area (Å²) in [6.07, 6.45) is 0. The number of fused-ring (bicyclic) bond motifs is 1. The second kappa shape index (κ2) is 6.50. The lowest BCUT2D eigenvalue weighted by Gasteiger charge is -2.07. The molecule has 0 spiro atoms. The summed E-state index contributed by atoms with van der Waals surface area (Å²) in [4.78, 5) is 38.3. The monoisotopic (exact) mass is 321 g/mol. The smallest absolute Gasteiger partial charge is 0.379 e. The molecule has 0 atom stereocenters. The van der Waals surface area contributed by atoms with Gasteiger partial charge < -0.3 is 9.72 Å². The molecular weight excluding hydrogens is 306 g/mol. The summed E-state index contributed by atoms with van der Waals surface area (Å²) in [6, 6.07) is 16.5. The van der Waals surface area contributed by atoms with Gasteiger partial charge in [0.2, 0.25) is 0 Å². The predicted octanol–water partition coefficient (Wildman–Crippen LogP) is 2.94. The Balaban J connectivity index is 2.05. The largest absolute Gasteiger partial charge is 0.460 e. The van der Waals surface area contributed by atoms with Gasteiger partial charge in [-0.05, 0) is 29.8 Å². The van der Waals surface area contributed by atoms with Crippen LogP contribution in [0, 0.1) is 0 Å². The van der Waals surface area contributed by atoms with Crippen molar-refractivity contribution < 1.29 is 14.3 Å². The van der Waals surface area contributed by atoms with Crippen molar-refractivity contribution in [3.8, 4) is 11.3 Å². The van der Waals surface area contributed by atoms with Gasteiger partial charge in [-0.1, -0.05) is 42.5 Å². The van der Waals surface area contributed by atoms with Crippen molar-refractivity contribution in [3.05, 3.63) is 70.5 Å². The summed E-state index contributed by atoms with van der Waals surface area (Å²) < 4.78 is 4.64. The quantitative estimate of drug-likeness (QED) is 0.455. The maximum Gasteiger partial charge on any atom is 0.379 e. The molecule has 0 bridgehead atoms. The van der Waals surface area contributed by atoms with E-state index in [2.05, 4.69) is 9.72 Å². The highest BCUT2D eigenvalue weighted by molar-refractivity contribution is 6.40. The Morgan fingerprint density at radius 3 is 2.50 bits per heavy atom. The zero-order valence-corrected chi connectivity index (χ0v) is 13.0. The first kappa shape index (κ1) is 15.7. The van der Waals surface area contributed by atoms with Crippen LogP contribution in [0.4, 0.5) is 0 Å². The third kappa shape index (κ3) is 2.84. The number of aromatic nitrogens is 1. The van der Waals surface area contributed by atoms with Gasteiger partial charge in [0.05, 0.1) is 12.2 Å². The number of carbonyl (C=O) groups is 2. The first-order valence-corrected chi connectivity index (χ1v) is 7.54. The van der Waals surface area contributed by atoms with Crippen LogP contribution >= 0.6 is 0 Å². The minimum absolute atomic E-state index is 0.0799. The van der Waals surface area contributed by atoms with Gasteiger partial charge in [0.1, 0.15) is 0 Å². The van der Waals surface area contributed by atoms with Crippen molar-refractivity contribution in [2.24, 2.45) is 0 Å². The molecule has 5 nitrogen and oxygen atoms in total. The number of carbonyl (C=O) groups excluding carboxylic acids is 2. The number of nitrogens with one attached hydrogen (secondary N) is 1. The van der Waals surface area contributed by atoms with Crippen molar-refractivity contribution in [2.75, 3.05) is 6.61 Å². The van der Waals surface area contributed by atoms with Gasteiger partial charge in [0, 0.05) is 11.3 Å². The first-order valence-electron chi connectivity index (χ1n) is 7.54. The molecule has 0 fully saturated rings. The second-order valence-corrected chi connectivity index (χ2v) is 5.19. The summed E-state index contributed by atoms with van der Waals surface area (Å²) in [5, 5.41) is 2.03. The Labute approximate surface area is 137 Å². The summed E-state index contributed by atoms with van der Waals surface area (Å²) in [5.74, 6) is -1.97. The second-order valence-electron chi connectivity index (χ2n) is 5.19. The van der Waals surface area contributed by atoms with Crippen LogP contribution in [0.15, 0.2) is 59.4 Å². The summed E-state index contributed by atoms with van der Waals surface area (Å²) in [5.41, 5.74) is 0.591. The standard InChI is InChI=1S/C19H15NO4/c1-2-24-19(23)17(21)15-10-11-16(20-18(15)22)14-9-5-7-12-6-3-4-8-13(12)14/h3-11H,2H2,1H3,(H,20,22). The van der Waals surface area contributed by atoms with E-state index in [-0.39, 0.29) is 12.2 Å². The Morgan fingerprint density at radius 2 is 1.75 bits per heavy atom. The van der Waals surface area contributed by atoms with Gasteiger partial charge in [-0.3, -0.25) is 9.59 Å². The van der Waals surface area contributed by atoms with E-state index in [1.54, 1.807) is 13.0 Å². The van der Waals surface area contributed by atoms with E-state index in [4.69, 9.17) is 0 Å². The normalized spacial score (nSPS) is 10.5. The predicted molar refractivity (Wildman–Crippen MR) is 91.0 cm³/mol.